The summed E-state index contributed by atoms with van der Waals surface area (Å²) >= 11 is 6.12. The third-order valence-corrected chi connectivity index (χ3v) is 4.31. The van der Waals surface area contributed by atoms with Crippen LogP contribution in [0.3, 0.4) is 0 Å². The quantitative estimate of drug-likeness (QED) is 0.597. The zero-order valence-electron chi connectivity index (χ0n) is 15.9. The van der Waals surface area contributed by atoms with E-state index < -0.39 is 0 Å². The summed E-state index contributed by atoms with van der Waals surface area (Å²) in [4.78, 5) is 20.8. The Bertz CT molecular complexity index is 957. The highest BCUT2D eigenvalue weighted by Gasteiger charge is 2.10. The molecule has 0 saturated heterocycles. The molecule has 6 nitrogen and oxygen atoms in total. The number of rotatable bonds is 6. The molecule has 0 radical (unpaired) electrons. The van der Waals surface area contributed by atoms with Crippen LogP contribution in [-0.2, 0) is 0 Å². The van der Waals surface area contributed by atoms with Crippen molar-refractivity contribution in [1.29, 1.82) is 0 Å². The molecule has 1 heterocycles. The second-order valence-corrected chi connectivity index (χ2v) is 6.88. The predicted octanol–water partition coefficient (Wildman–Crippen LogP) is 5.22. The fourth-order valence-electron chi connectivity index (χ4n) is 2.47. The van der Waals surface area contributed by atoms with E-state index >= 15 is 0 Å². The van der Waals surface area contributed by atoms with Gasteiger partial charge in [-0.05, 0) is 62.7 Å². The Kier molecular flexibility index (Phi) is 6.11. The Balaban J connectivity index is 1.64. The van der Waals surface area contributed by atoms with Crippen LogP contribution in [0.15, 0.2) is 54.9 Å². The van der Waals surface area contributed by atoms with Gasteiger partial charge in [-0.15, -0.1) is 0 Å². The minimum atomic E-state index is -0.337. The highest BCUT2D eigenvalue weighted by Crippen LogP contribution is 2.25. The van der Waals surface area contributed by atoms with Gasteiger partial charge in [-0.3, -0.25) is 4.79 Å². The normalized spacial score (nSPS) is 10.6. The second kappa shape index (κ2) is 8.71. The average Bonchev–Trinajstić information content (AvgIpc) is 2.67. The first-order chi connectivity index (χ1) is 13.4. The molecule has 0 unspecified atom stereocenters. The van der Waals surface area contributed by atoms with E-state index in [-0.39, 0.29) is 17.7 Å². The number of anilines is 3. The number of carbonyl (C=O) groups excluding carboxylic acids is 1. The van der Waals surface area contributed by atoms with Crippen molar-refractivity contribution < 1.29 is 9.53 Å². The van der Waals surface area contributed by atoms with Crippen molar-refractivity contribution in [3.8, 4) is 5.75 Å². The molecule has 1 amide bonds. The molecule has 7 heteroatoms. The summed E-state index contributed by atoms with van der Waals surface area (Å²) in [6.45, 7) is 5.83. The van der Waals surface area contributed by atoms with Gasteiger partial charge in [-0.25, -0.2) is 9.97 Å². The summed E-state index contributed by atoms with van der Waals surface area (Å²) < 4.78 is 5.59. The zero-order chi connectivity index (χ0) is 20.1. The fraction of sp³-hybridized carbons (Fsp3) is 0.190. The molecule has 0 saturated carbocycles. The van der Waals surface area contributed by atoms with Crippen molar-refractivity contribution >= 4 is 34.7 Å². The summed E-state index contributed by atoms with van der Waals surface area (Å²) in [7, 11) is 0. The van der Waals surface area contributed by atoms with Crippen molar-refractivity contribution in [2.75, 3.05) is 10.6 Å². The van der Waals surface area contributed by atoms with Crippen LogP contribution in [-0.4, -0.2) is 22.0 Å². The minimum absolute atomic E-state index is 0.0959. The molecule has 0 aliphatic heterocycles. The smallest absolute Gasteiger partial charge is 0.275 e. The minimum Gasteiger partial charge on any atom is -0.491 e. The van der Waals surface area contributed by atoms with Crippen molar-refractivity contribution in [3.63, 3.8) is 0 Å². The van der Waals surface area contributed by atoms with E-state index in [2.05, 4.69) is 20.6 Å². The van der Waals surface area contributed by atoms with Crippen LogP contribution in [0, 0.1) is 6.92 Å². The Morgan fingerprint density at radius 3 is 2.46 bits per heavy atom. The van der Waals surface area contributed by atoms with Crippen LogP contribution in [0.4, 0.5) is 17.2 Å². The number of ether oxygens (including phenoxy) is 1. The fourth-order valence-corrected chi connectivity index (χ4v) is 2.65. The number of amides is 1. The number of hydrogen-bond acceptors (Lipinski definition) is 5. The Hall–Kier alpha value is -3.12. The van der Waals surface area contributed by atoms with Crippen LogP contribution < -0.4 is 15.4 Å². The highest BCUT2D eigenvalue weighted by atomic mass is 35.5. The maximum absolute atomic E-state index is 12.4. The number of nitrogens with one attached hydrogen (secondary N) is 2. The number of hydrogen-bond donors (Lipinski definition) is 2. The monoisotopic (exact) mass is 396 g/mol. The number of benzene rings is 2. The lowest BCUT2D eigenvalue weighted by molar-refractivity contribution is 0.102. The first-order valence-electron chi connectivity index (χ1n) is 8.84. The van der Waals surface area contributed by atoms with E-state index in [4.69, 9.17) is 16.3 Å². The molecule has 0 aliphatic carbocycles. The molecule has 3 aromatic rings. The lowest BCUT2D eigenvalue weighted by atomic mass is 10.2. The van der Waals surface area contributed by atoms with Crippen molar-refractivity contribution in [1.82, 2.24) is 9.97 Å². The molecule has 3 rings (SSSR count). The molecule has 1 aromatic heterocycles. The summed E-state index contributed by atoms with van der Waals surface area (Å²) in [5.41, 5.74) is 2.62. The summed E-state index contributed by atoms with van der Waals surface area (Å²) in [6, 6.07) is 12.7. The molecule has 0 spiro atoms. The van der Waals surface area contributed by atoms with Gasteiger partial charge in [0.15, 0.2) is 0 Å². The second-order valence-electron chi connectivity index (χ2n) is 6.47. The van der Waals surface area contributed by atoms with Gasteiger partial charge in [-0.2, -0.15) is 0 Å². The van der Waals surface area contributed by atoms with Gasteiger partial charge >= 0.3 is 0 Å². The van der Waals surface area contributed by atoms with E-state index in [9.17, 15) is 4.79 Å². The van der Waals surface area contributed by atoms with E-state index in [1.54, 1.807) is 12.1 Å². The predicted molar refractivity (Wildman–Crippen MR) is 112 cm³/mol. The van der Waals surface area contributed by atoms with Crippen LogP contribution in [0.5, 0.6) is 5.75 Å². The van der Waals surface area contributed by atoms with Gasteiger partial charge in [0, 0.05) is 16.4 Å². The molecule has 28 heavy (non-hydrogen) atoms. The van der Waals surface area contributed by atoms with Crippen molar-refractivity contribution in [2.24, 2.45) is 0 Å². The van der Waals surface area contributed by atoms with Gasteiger partial charge in [0.1, 0.15) is 17.3 Å². The summed E-state index contributed by atoms with van der Waals surface area (Å²) in [5.74, 6) is 0.937. The molecule has 0 fully saturated rings. The third-order valence-electron chi connectivity index (χ3n) is 3.90. The Morgan fingerprint density at radius 2 is 1.82 bits per heavy atom. The van der Waals surface area contributed by atoms with E-state index in [0.717, 1.165) is 17.0 Å². The summed E-state index contributed by atoms with van der Waals surface area (Å²) in [5, 5.41) is 6.60. The lowest BCUT2D eigenvalue weighted by Crippen LogP contribution is -2.14. The standard InChI is InChI=1S/C21H21ClN4O2/c1-13(2)28-16-9-7-15(8-10-16)25-21(27)19-11-24-20(12-23-19)26-18-6-4-5-17(22)14(18)3/h4-13H,1-3H3,(H,24,26)(H,25,27). The van der Waals surface area contributed by atoms with Gasteiger partial charge in [0.2, 0.25) is 0 Å². The largest absolute Gasteiger partial charge is 0.491 e. The van der Waals surface area contributed by atoms with Gasteiger partial charge in [0.25, 0.3) is 5.91 Å². The van der Waals surface area contributed by atoms with Gasteiger partial charge in [-0.1, -0.05) is 17.7 Å². The Labute approximate surface area is 168 Å². The SMILES string of the molecule is Cc1c(Cl)cccc1Nc1cnc(C(=O)Nc2ccc(OC(C)C)cc2)cn1. The molecule has 0 atom stereocenters. The van der Waals surface area contributed by atoms with Gasteiger partial charge in [0.05, 0.1) is 18.5 Å². The average molecular weight is 397 g/mol. The van der Waals surface area contributed by atoms with Crippen LogP contribution >= 0.6 is 11.6 Å². The van der Waals surface area contributed by atoms with Crippen molar-refractivity contribution in [3.05, 3.63) is 71.1 Å². The molecular formula is C21H21ClN4O2. The molecule has 2 aromatic carbocycles. The van der Waals surface area contributed by atoms with Crippen LogP contribution in [0.1, 0.15) is 29.9 Å². The zero-order valence-corrected chi connectivity index (χ0v) is 16.6. The Morgan fingerprint density at radius 1 is 1.07 bits per heavy atom. The third kappa shape index (κ3) is 4.98. The molecule has 144 valence electrons. The van der Waals surface area contributed by atoms with Crippen molar-refractivity contribution in [2.45, 2.75) is 26.9 Å². The molecule has 0 bridgehead atoms. The molecular weight excluding hydrogens is 376 g/mol. The van der Waals surface area contributed by atoms with E-state index in [1.807, 2.05) is 51.1 Å². The number of nitrogens with zero attached hydrogens (tertiary/aromatic N) is 2. The lowest BCUT2D eigenvalue weighted by Gasteiger charge is -2.11. The molecule has 2 N–H and O–H groups in total. The maximum atomic E-state index is 12.4. The van der Waals surface area contributed by atoms with E-state index in [0.29, 0.717) is 16.5 Å². The number of aromatic nitrogens is 2. The first-order valence-corrected chi connectivity index (χ1v) is 9.22. The van der Waals surface area contributed by atoms with Crippen LogP contribution in [0.2, 0.25) is 5.02 Å². The number of halogens is 1. The highest BCUT2D eigenvalue weighted by molar-refractivity contribution is 6.31. The number of carbonyl (C=O) groups is 1. The summed E-state index contributed by atoms with van der Waals surface area (Å²) in [6.07, 6.45) is 3.03. The molecule has 0 aliphatic rings. The topological polar surface area (TPSA) is 76.1 Å². The van der Waals surface area contributed by atoms with Crippen LogP contribution in [0.25, 0.3) is 0 Å². The first kappa shape index (κ1) is 19.6. The van der Waals surface area contributed by atoms with E-state index in [1.165, 1.54) is 12.4 Å². The van der Waals surface area contributed by atoms with Gasteiger partial charge < -0.3 is 15.4 Å². The maximum Gasteiger partial charge on any atom is 0.275 e.